The number of rotatable bonds is 6. The number of aryl methyl sites for hydroxylation is 1. The van der Waals surface area contributed by atoms with Crippen LogP contribution >= 0.6 is 15.9 Å². The van der Waals surface area contributed by atoms with Gasteiger partial charge in [0.2, 0.25) is 0 Å². The molecule has 2 rings (SSSR count). The van der Waals surface area contributed by atoms with Crippen molar-refractivity contribution in [2.45, 2.75) is 56.2 Å². The van der Waals surface area contributed by atoms with Gasteiger partial charge in [-0.15, -0.1) is 0 Å². The molecule has 5 nitrogen and oxygen atoms in total. The van der Waals surface area contributed by atoms with Crippen molar-refractivity contribution >= 4 is 21.9 Å². The van der Waals surface area contributed by atoms with Gasteiger partial charge in [0.1, 0.15) is 16.3 Å². The molecule has 1 unspecified atom stereocenters. The van der Waals surface area contributed by atoms with Gasteiger partial charge in [0.15, 0.2) is 5.79 Å². The molecular formula is C16H23BrO5. The fourth-order valence-corrected chi connectivity index (χ4v) is 3.10. The smallest absolute Gasteiger partial charge is 0.319 e. The summed E-state index contributed by atoms with van der Waals surface area (Å²) in [6.07, 6.45) is 1.29. The fourth-order valence-electron chi connectivity index (χ4n) is 2.65. The van der Waals surface area contributed by atoms with Crippen molar-refractivity contribution in [2.75, 3.05) is 13.7 Å². The highest BCUT2D eigenvalue weighted by Gasteiger charge is 2.39. The quantitative estimate of drug-likeness (QED) is 0.562. The zero-order chi connectivity index (χ0) is 16.3. The Morgan fingerprint density at radius 1 is 1.45 bits per heavy atom. The Kier molecular flexibility index (Phi) is 5.69. The Morgan fingerprint density at radius 2 is 2.18 bits per heavy atom. The van der Waals surface area contributed by atoms with E-state index in [2.05, 4.69) is 15.9 Å². The second-order valence-corrected chi connectivity index (χ2v) is 7.10. The average molecular weight is 375 g/mol. The van der Waals surface area contributed by atoms with Crippen LogP contribution in [0, 0.1) is 6.92 Å². The SMILES string of the molecule is COC(=O)C(Br)CC[C@@H](c1ccc(C)o1)[C@H]1COC(C)(C)O1. The molecule has 0 saturated carbocycles. The van der Waals surface area contributed by atoms with Gasteiger partial charge in [-0.3, -0.25) is 4.79 Å². The van der Waals surface area contributed by atoms with Gasteiger partial charge in [-0.1, -0.05) is 15.9 Å². The lowest BCUT2D eigenvalue weighted by Gasteiger charge is -2.23. The number of ether oxygens (including phenoxy) is 3. The van der Waals surface area contributed by atoms with Crippen molar-refractivity contribution in [3.05, 3.63) is 23.7 Å². The molecular weight excluding hydrogens is 352 g/mol. The van der Waals surface area contributed by atoms with Gasteiger partial charge in [0.05, 0.1) is 19.8 Å². The van der Waals surface area contributed by atoms with E-state index in [9.17, 15) is 4.79 Å². The Labute approximate surface area is 139 Å². The second-order valence-electron chi connectivity index (χ2n) is 5.99. The van der Waals surface area contributed by atoms with Crippen molar-refractivity contribution in [1.82, 2.24) is 0 Å². The van der Waals surface area contributed by atoms with Crippen LogP contribution in [0.3, 0.4) is 0 Å². The molecule has 0 aromatic carbocycles. The Bertz CT molecular complexity index is 510. The highest BCUT2D eigenvalue weighted by molar-refractivity contribution is 9.10. The van der Waals surface area contributed by atoms with Gasteiger partial charge in [0, 0.05) is 5.92 Å². The van der Waals surface area contributed by atoms with E-state index in [4.69, 9.17) is 18.6 Å². The lowest BCUT2D eigenvalue weighted by molar-refractivity contribution is -0.143. The molecule has 0 bridgehead atoms. The van der Waals surface area contributed by atoms with E-state index in [1.165, 1.54) is 7.11 Å². The van der Waals surface area contributed by atoms with Crippen molar-refractivity contribution in [1.29, 1.82) is 0 Å². The molecule has 1 saturated heterocycles. The number of carbonyl (C=O) groups is 1. The monoisotopic (exact) mass is 374 g/mol. The van der Waals surface area contributed by atoms with Crippen LogP contribution in [0.5, 0.6) is 0 Å². The molecule has 0 aliphatic carbocycles. The maximum absolute atomic E-state index is 11.5. The van der Waals surface area contributed by atoms with Crippen LogP contribution in [0.2, 0.25) is 0 Å². The molecule has 0 N–H and O–H groups in total. The lowest BCUT2D eigenvalue weighted by Crippen LogP contribution is -2.26. The summed E-state index contributed by atoms with van der Waals surface area (Å²) in [6.45, 7) is 6.24. The molecule has 2 heterocycles. The third kappa shape index (κ3) is 4.33. The molecule has 0 radical (unpaired) electrons. The van der Waals surface area contributed by atoms with Crippen LogP contribution in [-0.4, -0.2) is 36.4 Å². The normalized spacial score (nSPS) is 23.2. The molecule has 124 valence electrons. The van der Waals surface area contributed by atoms with Crippen molar-refractivity contribution < 1.29 is 23.4 Å². The summed E-state index contributed by atoms with van der Waals surface area (Å²) >= 11 is 3.36. The summed E-state index contributed by atoms with van der Waals surface area (Å²) in [5.74, 6) is 0.925. The van der Waals surface area contributed by atoms with Crippen LogP contribution in [0.1, 0.15) is 44.1 Å². The van der Waals surface area contributed by atoms with Crippen LogP contribution in [0.4, 0.5) is 0 Å². The molecule has 1 aromatic heterocycles. The van der Waals surface area contributed by atoms with E-state index in [1.54, 1.807) is 0 Å². The Morgan fingerprint density at radius 3 is 2.68 bits per heavy atom. The van der Waals surface area contributed by atoms with Crippen LogP contribution in [0.15, 0.2) is 16.5 Å². The predicted octanol–water partition coefficient (Wildman–Crippen LogP) is 3.54. The van der Waals surface area contributed by atoms with Gasteiger partial charge in [0.25, 0.3) is 0 Å². The molecule has 1 fully saturated rings. The number of alkyl halides is 1. The highest BCUT2D eigenvalue weighted by atomic mass is 79.9. The first-order chi connectivity index (χ1) is 10.3. The number of methoxy groups -OCH3 is 1. The van der Waals surface area contributed by atoms with Gasteiger partial charge < -0.3 is 18.6 Å². The Balaban J connectivity index is 2.07. The summed E-state index contributed by atoms with van der Waals surface area (Å²) in [7, 11) is 1.39. The zero-order valence-corrected chi connectivity index (χ0v) is 15.0. The largest absolute Gasteiger partial charge is 0.468 e. The zero-order valence-electron chi connectivity index (χ0n) is 13.4. The van der Waals surface area contributed by atoms with Crippen LogP contribution < -0.4 is 0 Å². The molecule has 0 spiro atoms. The van der Waals surface area contributed by atoms with Crippen molar-refractivity contribution in [3.8, 4) is 0 Å². The van der Waals surface area contributed by atoms with Crippen molar-refractivity contribution in [2.24, 2.45) is 0 Å². The number of carbonyl (C=O) groups excluding carboxylic acids is 1. The van der Waals surface area contributed by atoms with Gasteiger partial charge >= 0.3 is 5.97 Å². The summed E-state index contributed by atoms with van der Waals surface area (Å²) in [5, 5.41) is 0. The Hall–Kier alpha value is -0.850. The summed E-state index contributed by atoms with van der Waals surface area (Å²) < 4.78 is 22.2. The third-order valence-electron chi connectivity index (χ3n) is 3.79. The van der Waals surface area contributed by atoms with E-state index in [1.807, 2.05) is 32.9 Å². The number of halogens is 1. The first kappa shape index (κ1) is 17.5. The summed E-state index contributed by atoms with van der Waals surface area (Å²) in [4.78, 5) is 11.2. The number of hydrogen-bond donors (Lipinski definition) is 0. The van der Waals surface area contributed by atoms with Gasteiger partial charge in [-0.25, -0.2) is 0 Å². The number of esters is 1. The standard InChI is InChI=1S/C16H23BrO5/c1-10-5-8-13(21-10)11(6-7-12(17)15(18)19-4)14-9-20-16(2,3)22-14/h5,8,11-12,14H,6-7,9H2,1-4H3/t11-,12?,14+/m0/s1. The van der Waals surface area contributed by atoms with Crippen molar-refractivity contribution in [3.63, 3.8) is 0 Å². The van der Waals surface area contributed by atoms with E-state index in [-0.39, 0.29) is 22.8 Å². The predicted molar refractivity (Wildman–Crippen MR) is 85.1 cm³/mol. The summed E-state index contributed by atoms with van der Waals surface area (Å²) in [6, 6.07) is 3.91. The third-order valence-corrected chi connectivity index (χ3v) is 4.63. The summed E-state index contributed by atoms with van der Waals surface area (Å²) in [5.41, 5.74) is 0. The molecule has 22 heavy (non-hydrogen) atoms. The van der Waals surface area contributed by atoms with Crippen LogP contribution in [0.25, 0.3) is 0 Å². The molecule has 1 aromatic rings. The molecule has 1 aliphatic heterocycles. The topological polar surface area (TPSA) is 57.9 Å². The maximum Gasteiger partial charge on any atom is 0.319 e. The number of furan rings is 1. The molecule has 0 amide bonds. The average Bonchev–Trinajstić information content (AvgIpc) is 3.04. The number of hydrogen-bond acceptors (Lipinski definition) is 5. The maximum atomic E-state index is 11.5. The van der Waals surface area contributed by atoms with E-state index in [0.717, 1.165) is 17.9 Å². The van der Waals surface area contributed by atoms with E-state index in [0.29, 0.717) is 13.0 Å². The highest BCUT2D eigenvalue weighted by Crippen LogP contribution is 2.36. The van der Waals surface area contributed by atoms with Gasteiger partial charge in [-0.2, -0.15) is 0 Å². The fraction of sp³-hybridized carbons (Fsp3) is 0.688. The first-order valence-corrected chi connectivity index (χ1v) is 8.34. The molecule has 6 heteroatoms. The molecule has 3 atom stereocenters. The minimum atomic E-state index is -0.583. The van der Waals surface area contributed by atoms with E-state index >= 15 is 0 Å². The minimum Gasteiger partial charge on any atom is -0.468 e. The van der Waals surface area contributed by atoms with Crippen LogP contribution in [-0.2, 0) is 19.0 Å². The minimum absolute atomic E-state index is 0.0418. The lowest BCUT2D eigenvalue weighted by atomic mass is 9.93. The van der Waals surface area contributed by atoms with Gasteiger partial charge in [-0.05, 0) is 45.7 Å². The van der Waals surface area contributed by atoms with E-state index < -0.39 is 5.79 Å². The first-order valence-electron chi connectivity index (χ1n) is 7.42. The second kappa shape index (κ2) is 7.15. The molecule has 1 aliphatic rings.